The van der Waals surface area contributed by atoms with E-state index in [-0.39, 0.29) is 0 Å². The third kappa shape index (κ3) is 5.17. The Morgan fingerprint density at radius 3 is 2.53 bits per heavy atom. The third-order valence-electron chi connectivity index (χ3n) is 3.81. The average molecular weight is 278 g/mol. The Balaban J connectivity index is 1.57. The first-order valence-corrected chi connectivity index (χ1v) is 8.39. The van der Waals surface area contributed by atoms with Crippen LogP contribution >= 0.6 is 11.8 Å². The molecule has 1 fully saturated rings. The molecule has 0 spiro atoms. The van der Waals surface area contributed by atoms with E-state index in [0.717, 1.165) is 18.3 Å². The third-order valence-corrected chi connectivity index (χ3v) is 4.82. The zero-order valence-corrected chi connectivity index (χ0v) is 13.0. The topological polar surface area (TPSA) is 15.3 Å². The Hall–Kier alpha value is -0.510. The lowest BCUT2D eigenvalue weighted by atomic mass is 10.0. The van der Waals surface area contributed by atoms with E-state index < -0.39 is 0 Å². The van der Waals surface area contributed by atoms with E-state index in [1.165, 1.54) is 30.8 Å². The van der Waals surface area contributed by atoms with Crippen molar-refractivity contribution in [2.24, 2.45) is 0 Å². The van der Waals surface area contributed by atoms with Crippen molar-refractivity contribution in [1.29, 1.82) is 0 Å². The molecule has 0 aromatic heterocycles. The first-order valence-electron chi connectivity index (χ1n) is 7.41. The van der Waals surface area contributed by atoms with E-state index in [1.54, 1.807) is 0 Å². The van der Waals surface area contributed by atoms with Crippen LogP contribution in [-0.4, -0.2) is 42.4 Å². The monoisotopic (exact) mass is 278 g/mol. The van der Waals surface area contributed by atoms with Gasteiger partial charge in [-0.3, -0.25) is 0 Å². The van der Waals surface area contributed by atoms with E-state index in [4.69, 9.17) is 0 Å². The summed E-state index contributed by atoms with van der Waals surface area (Å²) in [4.78, 5) is 3.95. The predicted octanol–water partition coefficient (Wildman–Crippen LogP) is 3.24. The molecule has 3 heteroatoms. The predicted molar refractivity (Wildman–Crippen MR) is 84.9 cm³/mol. The molecule has 1 saturated heterocycles. The summed E-state index contributed by atoms with van der Waals surface area (Å²) in [5.74, 6) is 1.16. The molecule has 2 rings (SSSR count). The Labute approximate surface area is 122 Å². The van der Waals surface area contributed by atoms with Gasteiger partial charge in [0.2, 0.25) is 0 Å². The van der Waals surface area contributed by atoms with Gasteiger partial charge in [0.15, 0.2) is 0 Å². The summed E-state index contributed by atoms with van der Waals surface area (Å²) in [5.41, 5.74) is 0. The Morgan fingerprint density at radius 1 is 1.21 bits per heavy atom. The fourth-order valence-electron chi connectivity index (χ4n) is 2.57. The highest BCUT2D eigenvalue weighted by atomic mass is 32.2. The van der Waals surface area contributed by atoms with Crippen molar-refractivity contribution in [3.05, 3.63) is 30.3 Å². The smallest absolute Gasteiger partial charge is 0.0106 e. The van der Waals surface area contributed by atoms with Crippen LogP contribution in [0.4, 0.5) is 0 Å². The molecule has 2 nitrogen and oxygen atoms in total. The van der Waals surface area contributed by atoms with Gasteiger partial charge in [-0.2, -0.15) is 0 Å². The standard InChI is InChI=1S/C16H26N2S/c1-14(2)18-11-8-15(9-12-18)17-10-13-19-16-6-4-3-5-7-16/h3-7,14-15,17H,8-13H2,1-2H3. The van der Waals surface area contributed by atoms with Crippen LogP contribution in [0.25, 0.3) is 0 Å². The van der Waals surface area contributed by atoms with E-state index in [0.29, 0.717) is 6.04 Å². The van der Waals surface area contributed by atoms with Gasteiger partial charge in [-0.1, -0.05) is 18.2 Å². The molecule has 1 aliphatic rings. The van der Waals surface area contributed by atoms with Crippen LogP contribution in [-0.2, 0) is 0 Å². The van der Waals surface area contributed by atoms with Crippen LogP contribution in [0.15, 0.2) is 35.2 Å². The summed E-state index contributed by atoms with van der Waals surface area (Å²) in [5, 5.41) is 3.70. The second-order valence-corrected chi connectivity index (χ2v) is 6.69. The lowest BCUT2D eigenvalue weighted by Crippen LogP contribution is -2.45. The van der Waals surface area contributed by atoms with Gasteiger partial charge in [0.1, 0.15) is 0 Å². The molecule has 0 aliphatic carbocycles. The average Bonchev–Trinajstić information content (AvgIpc) is 2.45. The van der Waals surface area contributed by atoms with E-state index in [2.05, 4.69) is 54.4 Å². The Kier molecular flexibility index (Phi) is 6.21. The molecule has 1 aromatic carbocycles. The number of piperidine rings is 1. The number of nitrogens with one attached hydrogen (secondary N) is 1. The molecule has 0 amide bonds. The van der Waals surface area contributed by atoms with Crippen LogP contribution < -0.4 is 5.32 Å². The molecule has 0 unspecified atom stereocenters. The van der Waals surface area contributed by atoms with Crippen molar-refractivity contribution in [3.63, 3.8) is 0 Å². The molecule has 106 valence electrons. The van der Waals surface area contributed by atoms with Crippen molar-refractivity contribution in [2.75, 3.05) is 25.4 Å². The van der Waals surface area contributed by atoms with Gasteiger partial charge >= 0.3 is 0 Å². The van der Waals surface area contributed by atoms with Crippen LogP contribution in [0.2, 0.25) is 0 Å². The molecule has 1 aliphatic heterocycles. The van der Waals surface area contributed by atoms with Crippen molar-refractivity contribution in [1.82, 2.24) is 10.2 Å². The minimum absolute atomic E-state index is 0.703. The summed E-state index contributed by atoms with van der Waals surface area (Å²) in [6.45, 7) is 8.21. The maximum absolute atomic E-state index is 3.70. The maximum Gasteiger partial charge on any atom is 0.0106 e. The van der Waals surface area contributed by atoms with Crippen molar-refractivity contribution >= 4 is 11.8 Å². The number of thioether (sulfide) groups is 1. The summed E-state index contributed by atoms with van der Waals surface area (Å²) >= 11 is 1.94. The van der Waals surface area contributed by atoms with E-state index in [9.17, 15) is 0 Å². The molecule has 0 atom stereocenters. The first-order chi connectivity index (χ1) is 9.25. The number of nitrogens with zero attached hydrogens (tertiary/aromatic N) is 1. The number of hydrogen-bond acceptors (Lipinski definition) is 3. The zero-order valence-electron chi connectivity index (χ0n) is 12.1. The largest absolute Gasteiger partial charge is 0.313 e. The van der Waals surface area contributed by atoms with Crippen molar-refractivity contribution in [3.8, 4) is 0 Å². The second-order valence-electron chi connectivity index (χ2n) is 5.52. The Bertz CT molecular complexity index is 345. The maximum atomic E-state index is 3.70. The number of hydrogen-bond donors (Lipinski definition) is 1. The van der Waals surface area contributed by atoms with E-state index >= 15 is 0 Å². The molecule has 0 bridgehead atoms. The molecular formula is C16H26N2S. The summed E-state index contributed by atoms with van der Waals surface area (Å²) < 4.78 is 0. The van der Waals surface area contributed by atoms with Gasteiger partial charge in [-0.25, -0.2) is 0 Å². The molecule has 0 radical (unpaired) electrons. The number of benzene rings is 1. The normalized spacial score (nSPS) is 18.1. The van der Waals surface area contributed by atoms with Gasteiger partial charge in [0, 0.05) is 29.3 Å². The molecule has 1 heterocycles. The summed E-state index contributed by atoms with van der Waals surface area (Å²) in [7, 11) is 0. The SMILES string of the molecule is CC(C)N1CCC(NCCSc2ccccc2)CC1. The first kappa shape index (κ1) is 14.9. The highest BCUT2D eigenvalue weighted by Gasteiger charge is 2.19. The molecule has 0 saturated carbocycles. The fourth-order valence-corrected chi connectivity index (χ4v) is 3.37. The quantitative estimate of drug-likeness (QED) is 0.635. The highest BCUT2D eigenvalue weighted by molar-refractivity contribution is 7.99. The molecular weight excluding hydrogens is 252 g/mol. The molecule has 19 heavy (non-hydrogen) atoms. The summed E-state index contributed by atoms with van der Waals surface area (Å²) in [6, 6.07) is 12.1. The molecule has 1 aromatic rings. The van der Waals surface area contributed by atoms with Crippen LogP contribution in [0.1, 0.15) is 26.7 Å². The van der Waals surface area contributed by atoms with Crippen molar-refractivity contribution in [2.45, 2.75) is 43.7 Å². The van der Waals surface area contributed by atoms with Gasteiger partial charge in [-0.15, -0.1) is 11.8 Å². The lowest BCUT2D eigenvalue weighted by molar-refractivity contribution is 0.162. The number of likely N-dealkylation sites (tertiary alicyclic amines) is 1. The second kappa shape index (κ2) is 7.93. The fraction of sp³-hybridized carbons (Fsp3) is 0.625. The van der Waals surface area contributed by atoms with E-state index in [1.807, 2.05) is 11.8 Å². The van der Waals surface area contributed by atoms with Crippen LogP contribution in [0, 0.1) is 0 Å². The minimum atomic E-state index is 0.703. The van der Waals surface area contributed by atoms with Gasteiger partial charge in [0.05, 0.1) is 0 Å². The van der Waals surface area contributed by atoms with Crippen LogP contribution in [0.3, 0.4) is 0 Å². The molecule has 1 N–H and O–H groups in total. The van der Waals surface area contributed by atoms with Crippen molar-refractivity contribution < 1.29 is 0 Å². The number of rotatable bonds is 6. The van der Waals surface area contributed by atoms with Gasteiger partial charge in [0.25, 0.3) is 0 Å². The van der Waals surface area contributed by atoms with Crippen LogP contribution in [0.5, 0.6) is 0 Å². The lowest BCUT2D eigenvalue weighted by Gasteiger charge is -2.35. The Morgan fingerprint density at radius 2 is 1.89 bits per heavy atom. The summed E-state index contributed by atoms with van der Waals surface area (Å²) in [6.07, 6.45) is 2.60. The van der Waals surface area contributed by atoms with Gasteiger partial charge < -0.3 is 10.2 Å². The van der Waals surface area contributed by atoms with Gasteiger partial charge in [-0.05, 0) is 51.9 Å². The highest BCUT2D eigenvalue weighted by Crippen LogP contribution is 2.17. The minimum Gasteiger partial charge on any atom is -0.313 e. The zero-order chi connectivity index (χ0) is 13.5.